The van der Waals surface area contributed by atoms with Crippen LogP contribution in [0, 0.1) is 10.1 Å². The molecule has 2 rings (SSSR count). The van der Waals surface area contributed by atoms with E-state index in [9.17, 15) is 18.5 Å². The molecule has 1 heterocycles. The molecule has 1 aliphatic heterocycles. The second kappa shape index (κ2) is 5.96. The molecule has 0 amide bonds. The second-order valence-corrected chi connectivity index (χ2v) is 6.69. The Balaban J connectivity index is 2.29. The number of anilines is 1. The van der Waals surface area contributed by atoms with Crippen LogP contribution in [0.15, 0.2) is 23.1 Å². The summed E-state index contributed by atoms with van der Waals surface area (Å²) in [6, 6.07) is 3.23. The van der Waals surface area contributed by atoms with E-state index in [4.69, 9.17) is 10.5 Å². The third-order valence-corrected chi connectivity index (χ3v) is 4.84. The van der Waals surface area contributed by atoms with Gasteiger partial charge in [-0.25, -0.2) is 13.1 Å². The summed E-state index contributed by atoms with van der Waals surface area (Å²) in [5, 5.41) is 11.0. The van der Waals surface area contributed by atoms with E-state index in [-0.39, 0.29) is 22.7 Å². The first-order valence-electron chi connectivity index (χ1n) is 6.47. The first-order chi connectivity index (χ1) is 9.79. The number of nitro benzene ring substituents is 1. The SMILES string of the molecule is CC1CC(NS(=O)(=O)c2ccc(N)cc2[N+](=O)[O-])CCO1. The highest BCUT2D eigenvalue weighted by Gasteiger charge is 2.30. The van der Waals surface area contributed by atoms with Gasteiger partial charge in [0.05, 0.1) is 11.0 Å². The van der Waals surface area contributed by atoms with E-state index >= 15 is 0 Å². The van der Waals surface area contributed by atoms with Gasteiger partial charge < -0.3 is 10.5 Å². The third kappa shape index (κ3) is 3.69. The summed E-state index contributed by atoms with van der Waals surface area (Å²) < 4.78 is 32.5. The zero-order valence-corrected chi connectivity index (χ0v) is 12.3. The highest BCUT2D eigenvalue weighted by atomic mass is 32.2. The summed E-state index contributed by atoms with van der Waals surface area (Å²) in [5.74, 6) is 0. The second-order valence-electron chi connectivity index (χ2n) is 5.01. The molecule has 1 fully saturated rings. The van der Waals surface area contributed by atoms with E-state index < -0.39 is 20.6 Å². The molecule has 0 radical (unpaired) electrons. The zero-order chi connectivity index (χ0) is 15.6. The Bertz CT molecular complexity index is 646. The number of nitrogen functional groups attached to an aromatic ring is 1. The molecule has 1 saturated heterocycles. The molecule has 0 saturated carbocycles. The lowest BCUT2D eigenvalue weighted by atomic mass is 10.1. The fraction of sp³-hybridized carbons (Fsp3) is 0.500. The van der Waals surface area contributed by atoms with Gasteiger partial charge in [0.2, 0.25) is 10.0 Å². The van der Waals surface area contributed by atoms with Crippen LogP contribution in [0.3, 0.4) is 0 Å². The average molecular weight is 315 g/mol. The summed E-state index contributed by atoms with van der Waals surface area (Å²) >= 11 is 0. The smallest absolute Gasteiger partial charge is 0.291 e. The average Bonchev–Trinajstić information content (AvgIpc) is 2.37. The number of nitrogens with two attached hydrogens (primary N) is 1. The number of benzene rings is 1. The van der Waals surface area contributed by atoms with Crippen LogP contribution in [0.25, 0.3) is 0 Å². The van der Waals surface area contributed by atoms with Crippen LogP contribution in [0.2, 0.25) is 0 Å². The Morgan fingerprint density at radius 2 is 2.19 bits per heavy atom. The van der Waals surface area contributed by atoms with Crippen molar-refractivity contribution in [1.29, 1.82) is 0 Å². The van der Waals surface area contributed by atoms with E-state index in [1.165, 1.54) is 6.07 Å². The van der Waals surface area contributed by atoms with Crippen molar-refractivity contribution in [2.45, 2.75) is 36.8 Å². The number of hydrogen-bond donors (Lipinski definition) is 2. The molecule has 0 bridgehead atoms. The minimum atomic E-state index is -3.98. The Morgan fingerprint density at radius 1 is 1.48 bits per heavy atom. The predicted molar refractivity (Wildman–Crippen MR) is 76.3 cm³/mol. The number of ether oxygens (including phenoxy) is 1. The van der Waals surface area contributed by atoms with Gasteiger partial charge in [-0.2, -0.15) is 0 Å². The number of nitrogens with zero attached hydrogens (tertiary/aromatic N) is 1. The van der Waals surface area contributed by atoms with E-state index in [1.807, 2.05) is 6.92 Å². The molecule has 21 heavy (non-hydrogen) atoms. The highest BCUT2D eigenvalue weighted by Crippen LogP contribution is 2.27. The molecule has 0 spiro atoms. The van der Waals surface area contributed by atoms with Crippen molar-refractivity contribution in [3.8, 4) is 0 Å². The summed E-state index contributed by atoms with van der Waals surface area (Å²) in [6.45, 7) is 2.31. The van der Waals surface area contributed by atoms with Crippen molar-refractivity contribution < 1.29 is 18.1 Å². The zero-order valence-electron chi connectivity index (χ0n) is 11.5. The first-order valence-corrected chi connectivity index (χ1v) is 7.96. The van der Waals surface area contributed by atoms with Crippen LogP contribution >= 0.6 is 0 Å². The van der Waals surface area contributed by atoms with E-state index in [2.05, 4.69) is 4.72 Å². The van der Waals surface area contributed by atoms with Gasteiger partial charge in [-0.05, 0) is 31.9 Å². The maximum Gasteiger partial charge on any atom is 0.291 e. The Hall–Kier alpha value is -1.71. The van der Waals surface area contributed by atoms with Gasteiger partial charge >= 0.3 is 0 Å². The van der Waals surface area contributed by atoms with Crippen molar-refractivity contribution in [2.24, 2.45) is 0 Å². The van der Waals surface area contributed by atoms with Gasteiger partial charge in [0.1, 0.15) is 0 Å². The van der Waals surface area contributed by atoms with Crippen LogP contribution in [0.1, 0.15) is 19.8 Å². The molecule has 8 nitrogen and oxygen atoms in total. The van der Waals surface area contributed by atoms with E-state index in [0.29, 0.717) is 19.4 Å². The molecule has 1 aromatic rings. The van der Waals surface area contributed by atoms with Crippen LogP contribution in [-0.2, 0) is 14.8 Å². The summed E-state index contributed by atoms with van der Waals surface area (Å²) in [7, 11) is -3.98. The van der Waals surface area contributed by atoms with Crippen molar-refractivity contribution in [3.05, 3.63) is 28.3 Å². The molecule has 1 aliphatic rings. The molecule has 2 atom stereocenters. The Morgan fingerprint density at radius 3 is 2.81 bits per heavy atom. The topological polar surface area (TPSA) is 125 Å². The summed E-state index contributed by atoms with van der Waals surface area (Å²) in [5.41, 5.74) is 5.09. The first kappa shape index (κ1) is 15.7. The molecule has 2 unspecified atom stereocenters. The molecule has 0 aliphatic carbocycles. The van der Waals surface area contributed by atoms with Crippen molar-refractivity contribution >= 4 is 21.4 Å². The van der Waals surface area contributed by atoms with Gasteiger partial charge in [0, 0.05) is 24.4 Å². The number of sulfonamides is 1. The largest absolute Gasteiger partial charge is 0.399 e. The van der Waals surface area contributed by atoms with Gasteiger partial charge in [-0.3, -0.25) is 10.1 Å². The molecule has 1 aromatic carbocycles. The Labute approximate surface area is 122 Å². The highest BCUT2D eigenvalue weighted by molar-refractivity contribution is 7.89. The summed E-state index contributed by atoms with van der Waals surface area (Å²) in [6.07, 6.45) is 1.02. The maximum atomic E-state index is 12.3. The van der Waals surface area contributed by atoms with Crippen LogP contribution in [-0.4, -0.2) is 32.1 Å². The number of rotatable bonds is 4. The van der Waals surface area contributed by atoms with Gasteiger partial charge in [-0.15, -0.1) is 0 Å². The summed E-state index contributed by atoms with van der Waals surface area (Å²) in [4.78, 5) is 9.88. The minimum Gasteiger partial charge on any atom is -0.399 e. The van der Waals surface area contributed by atoms with E-state index in [0.717, 1.165) is 12.1 Å². The molecule has 9 heteroatoms. The van der Waals surface area contributed by atoms with Crippen molar-refractivity contribution in [3.63, 3.8) is 0 Å². The van der Waals surface area contributed by atoms with Crippen molar-refractivity contribution in [2.75, 3.05) is 12.3 Å². The standard InChI is InChI=1S/C12H17N3O5S/c1-8-6-10(4-5-20-8)14-21(18,19)12-3-2-9(13)7-11(12)15(16)17/h2-3,7-8,10,14H,4-6,13H2,1H3. The van der Waals surface area contributed by atoms with Crippen LogP contribution < -0.4 is 10.5 Å². The quantitative estimate of drug-likeness (QED) is 0.485. The third-order valence-electron chi connectivity index (χ3n) is 3.28. The fourth-order valence-electron chi connectivity index (χ4n) is 2.29. The molecular weight excluding hydrogens is 298 g/mol. The monoisotopic (exact) mass is 315 g/mol. The fourth-order valence-corrected chi connectivity index (χ4v) is 3.73. The Kier molecular flexibility index (Phi) is 4.45. The number of nitro groups is 1. The number of hydrogen-bond acceptors (Lipinski definition) is 6. The van der Waals surface area contributed by atoms with Gasteiger partial charge in [0.25, 0.3) is 5.69 Å². The molecule has 116 valence electrons. The van der Waals surface area contributed by atoms with Crippen molar-refractivity contribution in [1.82, 2.24) is 4.72 Å². The van der Waals surface area contributed by atoms with E-state index in [1.54, 1.807) is 0 Å². The normalized spacial score (nSPS) is 22.9. The van der Waals surface area contributed by atoms with Crippen LogP contribution in [0.4, 0.5) is 11.4 Å². The van der Waals surface area contributed by atoms with Gasteiger partial charge in [0.15, 0.2) is 4.90 Å². The van der Waals surface area contributed by atoms with Crippen LogP contribution in [0.5, 0.6) is 0 Å². The molecular formula is C12H17N3O5S. The lowest BCUT2D eigenvalue weighted by molar-refractivity contribution is -0.387. The molecule has 0 aromatic heterocycles. The maximum absolute atomic E-state index is 12.3. The lowest BCUT2D eigenvalue weighted by Gasteiger charge is -2.27. The van der Waals surface area contributed by atoms with Gasteiger partial charge in [-0.1, -0.05) is 0 Å². The number of nitrogens with one attached hydrogen (secondary N) is 1. The minimum absolute atomic E-state index is 0.0483. The predicted octanol–water partition coefficient (Wildman–Crippen LogP) is 1.02. The lowest BCUT2D eigenvalue weighted by Crippen LogP contribution is -2.41. The molecule has 3 N–H and O–H groups in total.